The molecule has 5 atom stereocenters. The molecule has 4 aliphatic rings. The van der Waals surface area contributed by atoms with Crippen molar-refractivity contribution in [2.24, 2.45) is 23.0 Å². The molecule has 3 aromatic rings. The number of benzene rings is 2. The summed E-state index contributed by atoms with van der Waals surface area (Å²) in [4.78, 5) is 18.5. The third-order valence-corrected chi connectivity index (χ3v) is 9.95. The van der Waals surface area contributed by atoms with Crippen molar-refractivity contribution in [3.8, 4) is 16.7 Å². The molecular formula is C26H27ClN4O3S. The molecule has 2 aliphatic heterocycles. The van der Waals surface area contributed by atoms with Gasteiger partial charge in [-0.25, -0.2) is 9.78 Å². The van der Waals surface area contributed by atoms with Crippen LogP contribution in [0.2, 0.25) is 5.02 Å². The van der Waals surface area contributed by atoms with Gasteiger partial charge in [-0.15, -0.1) is 0 Å². The number of thiazole rings is 1. The van der Waals surface area contributed by atoms with E-state index in [1.165, 1.54) is 30.6 Å². The largest absolute Gasteiger partial charge is 0.492 e. The van der Waals surface area contributed by atoms with Crippen LogP contribution in [-0.4, -0.2) is 47.2 Å². The zero-order valence-electron chi connectivity index (χ0n) is 19.2. The smallest absolute Gasteiger partial charge is 0.315 e. The van der Waals surface area contributed by atoms with Crippen molar-refractivity contribution in [2.75, 3.05) is 19.7 Å². The van der Waals surface area contributed by atoms with E-state index in [0.29, 0.717) is 45.9 Å². The molecule has 2 saturated heterocycles. The summed E-state index contributed by atoms with van der Waals surface area (Å²) in [6, 6.07) is 13.4. The van der Waals surface area contributed by atoms with E-state index in [1.807, 2.05) is 47.4 Å². The Kier molecular flexibility index (Phi) is 4.79. The first kappa shape index (κ1) is 21.7. The number of carbonyl (C=O) groups excluding carboxylic acids is 1. The lowest BCUT2D eigenvalue weighted by Gasteiger charge is -2.59. The maximum absolute atomic E-state index is 11.9. The Balaban J connectivity index is 0.877. The van der Waals surface area contributed by atoms with Crippen LogP contribution < -0.4 is 20.5 Å². The van der Waals surface area contributed by atoms with Crippen LogP contribution in [0.1, 0.15) is 25.7 Å². The molecule has 2 amide bonds. The lowest BCUT2D eigenvalue weighted by Crippen LogP contribution is -2.71. The number of piperidine rings is 1. The van der Waals surface area contributed by atoms with Gasteiger partial charge in [0.2, 0.25) is 0 Å². The van der Waals surface area contributed by atoms with Crippen LogP contribution in [-0.2, 0) is 0 Å². The molecular weight excluding hydrogens is 484 g/mol. The Bertz CT molecular complexity index is 1320. The van der Waals surface area contributed by atoms with Crippen LogP contribution in [0, 0.1) is 17.3 Å². The minimum atomic E-state index is -0.212. The van der Waals surface area contributed by atoms with E-state index in [2.05, 4.69) is 10.3 Å². The number of hydrogen-bond acceptors (Lipinski definition) is 6. The Morgan fingerprint density at radius 1 is 1.26 bits per heavy atom. The van der Waals surface area contributed by atoms with Crippen molar-refractivity contribution in [1.29, 1.82) is 0 Å². The van der Waals surface area contributed by atoms with E-state index in [0.717, 1.165) is 35.5 Å². The first-order valence-corrected chi connectivity index (χ1v) is 13.4. The molecule has 3 N–H and O–H groups in total. The van der Waals surface area contributed by atoms with Crippen LogP contribution in [0.4, 0.5) is 4.79 Å². The quantitative estimate of drug-likeness (QED) is 0.415. The summed E-state index contributed by atoms with van der Waals surface area (Å²) in [5.41, 5.74) is 7.07. The van der Waals surface area contributed by atoms with Crippen molar-refractivity contribution < 1.29 is 14.3 Å². The van der Waals surface area contributed by atoms with Crippen molar-refractivity contribution in [1.82, 2.24) is 15.2 Å². The highest BCUT2D eigenvalue weighted by Gasteiger charge is 2.90. The standard InChI is InChI=1S/C26H27ClN4O3S/c27-16-1-6-21-20(11-16)30-24(35-21)34-18-4-2-17(3-5-18)33-10-9-29-13-15-12-26-14-25(26)8-7-19(15)22(25)31(26)23(28)32/h1-6,11,15,19,22,29H,7-10,12-14H2,(H2,28,32)/t15-,19?,22?,25?,26?/m1/s1. The van der Waals surface area contributed by atoms with Crippen LogP contribution in [0.5, 0.6) is 16.7 Å². The maximum Gasteiger partial charge on any atom is 0.315 e. The van der Waals surface area contributed by atoms with Crippen LogP contribution >= 0.6 is 22.9 Å². The molecule has 2 saturated carbocycles. The van der Waals surface area contributed by atoms with Gasteiger partial charge in [-0.2, -0.15) is 0 Å². The number of primary amides is 1. The van der Waals surface area contributed by atoms with E-state index in [9.17, 15) is 4.79 Å². The van der Waals surface area contributed by atoms with Gasteiger partial charge in [0, 0.05) is 23.0 Å². The molecule has 2 aliphatic carbocycles. The molecule has 7 rings (SSSR count). The van der Waals surface area contributed by atoms with Gasteiger partial charge < -0.3 is 25.4 Å². The molecule has 3 heterocycles. The Morgan fingerprint density at radius 3 is 2.91 bits per heavy atom. The molecule has 2 spiro atoms. The topological polar surface area (TPSA) is 89.7 Å². The monoisotopic (exact) mass is 510 g/mol. The van der Waals surface area contributed by atoms with Crippen molar-refractivity contribution >= 4 is 39.2 Å². The molecule has 2 bridgehead atoms. The number of nitrogens with two attached hydrogens (primary N) is 1. The zero-order chi connectivity index (χ0) is 23.8. The fraction of sp³-hybridized carbons (Fsp3) is 0.462. The highest BCUT2D eigenvalue weighted by atomic mass is 35.5. The van der Waals surface area contributed by atoms with Crippen LogP contribution in [0.15, 0.2) is 42.5 Å². The first-order chi connectivity index (χ1) is 17.0. The number of carbonyl (C=O) groups is 1. The molecule has 182 valence electrons. The van der Waals surface area contributed by atoms with Gasteiger partial charge in [-0.1, -0.05) is 22.9 Å². The number of aromatic nitrogens is 1. The molecule has 7 nitrogen and oxygen atoms in total. The Labute approximate surface area is 212 Å². The summed E-state index contributed by atoms with van der Waals surface area (Å²) in [5, 5.41) is 4.84. The summed E-state index contributed by atoms with van der Waals surface area (Å²) in [5.74, 6) is 2.75. The number of ether oxygens (including phenoxy) is 2. The van der Waals surface area contributed by atoms with Crippen molar-refractivity contribution in [3.63, 3.8) is 0 Å². The summed E-state index contributed by atoms with van der Waals surface area (Å²) in [6.45, 7) is 2.37. The van der Waals surface area contributed by atoms with Gasteiger partial charge in [0.1, 0.15) is 18.1 Å². The number of amides is 2. The average molecular weight is 511 g/mol. The first-order valence-electron chi connectivity index (χ1n) is 12.3. The minimum Gasteiger partial charge on any atom is -0.492 e. The Morgan fingerprint density at radius 2 is 2.09 bits per heavy atom. The van der Waals surface area contributed by atoms with Gasteiger partial charge in [0.05, 0.1) is 15.8 Å². The van der Waals surface area contributed by atoms with E-state index in [-0.39, 0.29) is 11.6 Å². The molecule has 4 fully saturated rings. The van der Waals surface area contributed by atoms with Gasteiger partial charge in [0.15, 0.2) is 0 Å². The SMILES string of the molecule is NC(=O)N1C2C3CCC24CC14C[C@@H]3CNCCOc1ccc(Oc2nc3cc(Cl)ccc3s2)cc1. The maximum atomic E-state index is 11.9. The molecule has 9 heteroatoms. The van der Waals surface area contributed by atoms with Crippen LogP contribution in [0.3, 0.4) is 0 Å². The number of fused-ring (bicyclic) bond motifs is 1. The van der Waals surface area contributed by atoms with Gasteiger partial charge in [0.25, 0.3) is 5.19 Å². The predicted octanol–water partition coefficient (Wildman–Crippen LogP) is 5.03. The number of halogens is 1. The summed E-state index contributed by atoms with van der Waals surface area (Å²) in [7, 11) is 0. The predicted molar refractivity (Wildman–Crippen MR) is 135 cm³/mol. The van der Waals surface area contributed by atoms with Gasteiger partial charge in [-0.05, 0) is 86.5 Å². The highest BCUT2D eigenvalue weighted by Crippen LogP contribution is 2.84. The summed E-state index contributed by atoms with van der Waals surface area (Å²) >= 11 is 7.53. The fourth-order valence-electron chi connectivity index (χ4n) is 7.46. The zero-order valence-corrected chi connectivity index (χ0v) is 20.8. The lowest BCUT2D eigenvalue weighted by atomic mass is 9.65. The average Bonchev–Trinajstić information content (AvgIpc) is 3.04. The minimum absolute atomic E-state index is 0.0988. The second kappa shape index (κ2) is 7.72. The van der Waals surface area contributed by atoms with Gasteiger partial charge in [-0.3, -0.25) is 0 Å². The molecule has 35 heavy (non-hydrogen) atoms. The normalized spacial score (nSPS) is 31.7. The second-order valence-electron chi connectivity index (χ2n) is 10.4. The van der Waals surface area contributed by atoms with E-state index in [4.69, 9.17) is 26.8 Å². The number of nitrogens with zero attached hydrogens (tertiary/aromatic N) is 2. The molecule has 1 aromatic heterocycles. The highest BCUT2D eigenvalue weighted by molar-refractivity contribution is 7.20. The van der Waals surface area contributed by atoms with E-state index in [1.54, 1.807) is 0 Å². The summed E-state index contributed by atoms with van der Waals surface area (Å²) < 4.78 is 12.9. The van der Waals surface area contributed by atoms with Gasteiger partial charge >= 0.3 is 6.03 Å². The molecule has 0 radical (unpaired) electrons. The van der Waals surface area contributed by atoms with Crippen molar-refractivity contribution in [2.45, 2.75) is 37.3 Å². The Hall–Kier alpha value is -2.55. The van der Waals surface area contributed by atoms with E-state index >= 15 is 0 Å². The van der Waals surface area contributed by atoms with Crippen LogP contribution in [0.25, 0.3) is 10.2 Å². The second-order valence-corrected chi connectivity index (χ2v) is 11.8. The molecule has 2 aromatic carbocycles. The third-order valence-electron chi connectivity index (χ3n) is 8.80. The summed E-state index contributed by atoms with van der Waals surface area (Å²) in [6.07, 6.45) is 4.79. The lowest BCUT2D eigenvalue weighted by molar-refractivity contribution is -0.0804. The molecule has 4 unspecified atom stereocenters. The number of hydrogen-bond donors (Lipinski definition) is 2. The van der Waals surface area contributed by atoms with Crippen molar-refractivity contribution in [3.05, 3.63) is 47.5 Å². The third kappa shape index (κ3) is 3.19. The number of nitrogens with one attached hydrogen (secondary N) is 1. The number of urea groups is 1. The fourth-order valence-corrected chi connectivity index (χ4v) is 8.44. The van der Waals surface area contributed by atoms with E-state index < -0.39 is 0 Å². The number of rotatable bonds is 8.